The van der Waals surface area contributed by atoms with Crippen molar-refractivity contribution in [3.05, 3.63) is 82.9 Å². The number of carbonyl (C=O) groups is 1. The van der Waals surface area contributed by atoms with Crippen LogP contribution in [0.2, 0.25) is 0 Å². The zero-order valence-corrected chi connectivity index (χ0v) is 19.5. The van der Waals surface area contributed by atoms with Crippen molar-refractivity contribution in [1.29, 1.82) is 0 Å². The van der Waals surface area contributed by atoms with Crippen LogP contribution in [0.15, 0.2) is 65.6 Å². The maximum Gasteiger partial charge on any atom is 0.262 e. The van der Waals surface area contributed by atoms with E-state index in [4.69, 9.17) is 9.47 Å². The van der Waals surface area contributed by atoms with E-state index in [1.165, 1.54) is 6.07 Å². The van der Waals surface area contributed by atoms with E-state index in [2.05, 4.69) is 10.0 Å². The average Bonchev–Trinajstić information content (AvgIpc) is 2.79. The molecule has 0 aliphatic carbocycles. The number of amides is 1. The van der Waals surface area contributed by atoms with Crippen LogP contribution >= 0.6 is 0 Å². The molecule has 7 nitrogen and oxygen atoms in total. The molecule has 3 aromatic rings. The van der Waals surface area contributed by atoms with Gasteiger partial charge in [0.25, 0.3) is 15.9 Å². The molecule has 8 heteroatoms. The van der Waals surface area contributed by atoms with Gasteiger partial charge >= 0.3 is 0 Å². The lowest BCUT2D eigenvalue weighted by Crippen LogP contribution is -2.40. The molecule has 0 bridgehead atoms. The summed E-state index contributed by atoms with van der Waals surface area (Å²) in [6.07, 6.45) is -0.344. The number of hydrogen-bond donors (Lipinski definition) is 2. The highest BCUT2D eigenvalue weighted by molar-refractivity contribution is 7.92. The Labute approximate surface area is 193 Å². The van der Waals surface area contributed by atoms with E-state index in [9.17, 15) is 13.2 Å². The summed E-state index contributed by atoms with van der Waals surface area (Å²) in [5.41, 5.74) is 3.16. The van der Waals surface area contributed by atoms with Crippen molar-refractivity contribution < 1.29 is 22.7 Å². The largest absolute Gasteiger partial charge is 0.486 e. The maximum atomic E-state index is 13.1. The molecule has 0 unspecified atom stereocenters. The molecule has 0 aromatic heterocycles. The average molecular weight is 467 g/mol. The number of para-hydroxylation sites is 2. The highest BCUT2D eigenvalue weighted by Gasteiger charge is 2.23. The number of anilines is 1. The third kappa shape index (κ3) is 5.12. The molecule has 1 atom stereocenters. The lowest BCUT2D eigenvalue weighted by Gasteiger charge is -2.26. The zero-order valence-electron chi connectivity index (χ0n) is 18.7. The smallest absolute Gasteiger partial charge is 0.262 e. The fraction of sp³-hybridized carbons (Fsp3) is 0.240. The van der Waals surface area contributed by atoms with Gasteiger partial charge in [-0.1, -0.05) is 35.9 Å². The van der Waals surface area contributed by atoms with E-state index in [1.54, 1.807) is 25.1 Å². The summed E-state index contributed by atoms with van der Waals surface area (Å²) in [5, 5.41) is 2.80. The normalized spacial score (nSPS) is 15.1. The number of rotatable bonds is 6. The van der Waals surface area contributed by atoms with Gasteiger partial charge in [-0.2, -0.15) is 0 Å². The molecule has 4 rings (SSSR count). The monoisotopic (exact) mass is 466 g/mol. The fourth-order valence-electron chi connectivity index (χ4n) is 3.63. The second kappa shape index (κ2) is 9.15. The summed E-state index contributed by atoms with van der Waals surface area (Å²) in [6, 6.07) is 17.5. The van der Waals surface area contributed by atoms with Gasteiger partial charge in [-0.05, 0) is 62.2 Å². The Hall–Kier alpha value is -3.52. The highest BCUT2D eigenvalue weighted by atomic mass is 32.2. The molecule has 0 saturated carbocycles. The Balaban J connectivity index is 1.46. The lowest BCUT2D eigenvalue weighted by molar-refractivity contribution is 0.0789. The predicted octanol–water partition coefficient (Wildman–Crippen LogP) is 3.98. The summed E-state index contributed by atoms with van der Waals surface area (Å²) >= 11 is 0. The van der Waals surface area contributed by atoms with E-state index in [-0.39, 0.29) is 29.0 Å². The number of aryl methyl sites for hydroxylation is 3. The Kier molecular flexibility index (Phi) is 6.29. The molecule has 0 radical (unpaired) electrons. The van der Waals surface area contributed by atoms with E-state index in [0.29, 0.717) is 29.4 Å². The molecule has 3 aromatic carbocycles. The van der Waals surface area contributed by atoms with Crippen LogP contribution in [0.25, 0.3) is 0 Å². The molecule has 0 spiro atoms. The van der Waals surface area contributed by atoms with Gasteiger partial charge in [0.2, 0.25) is 0 Å². The van der Waals surface area contributed by atoms with Crippen molar-refractivity contribution in [3.8, 4) is 11.5 Å². The number of hydrogen-bond acceptors (Lipinski definition) is 5. The predicted molar refractivity (Wildman–Crippen MR) is 127 cm³/mol. The second-order valence-corrected chi connectivity index (χ2v) is 9.76. The van der Waals surface area contributed by atoms with Crippen molar-refractivity contribution in [2.45, 2.75) is 31.8 Å². The number of benzene rings is 3. The Bertz CT molecular complexity index is 1300. The first-order valence-corrected chi connectivity index (χ1v) is 12.1. The number of nitrogens with one attached hydrogen (secondary N) is 2. The lowest BCUT2D eigenvalue weighted by atomic mass is 10.1. The molecule has 0 saturated heterocycles. The Morgan fingerprint density at radius 3 is 2.48 bits per heavy atom. The van der Waals surface area contributed by atoms with Crippen LogP contribution in [0.5, 0.6) is 11.5 Å². The van der Waals surface area contributed by atoms with Crippen LogP contribution in [-0.2, 0) is 10.0 Å². The van der Waals surface area contributed by atoms with Gasteiger partial charge in [-0.15, -0.1) is 0 Å². The number of fused-ring (bicyclic) bond motifs is 1. The van der Waals surface area contributed by atoms with Crippen LogP contribution in [-0.4, -0.2) is 33.6 Å². The molecule has 1 heterocycles. The SMILES string of the molecule is Cc1ccc(NS(=O)(=O)c2cc(C(=O)NC[C@H]3COc4ccccc4O3)ccc2C)c(C)c1. The fourth-order valence-corrected chi connectivity index (χ4v) is 5.03. The van der Waals surface area contributed by atoms with Crippen LogP contribution in [0.3, 0.4) is 0 Å². The van der Waals surface area contributed by atoms with Gasteiger partial charge in [0.1, 0.15) is 12.7 Å². The minimum absolute atomic E-state index is 0.0568. The van der Waals surface area contributed by atoms with Crippen LogP contribution in [0.1, 0.15) is 27.0 Å². The van der Waals surface area contributed by atoms with Gasteiger partial charge in [-0.25, -0.2) is 8.42 Å². The van der Waals surface area contributed by atoms with Crippen molar-refractivity contribution in [2.75, 3.05) is 17.9 Å². The third-order valence-electron chi connectivity index (χ3n) is 5.42. The van der Waals surface area contributed by atoms with Gasteiger partial charge in [0.05, 0.1) is 17.1 Å². The molecule has 1 amide bonds. The first kappa shape index (κ1) is 22.7. The van der Waals surface area contributed by atoms with E-state index in [0.717, 1.165) is 11.1 Å². The molecule has 172 valence electrons. The molecule has 2 N–H and O–H groups in total. The van der Waals surface area contributed by atoms with Crippen molar-refractivity contribution >= 4 is 21.6 Å². The molecule has 1 aliphatic heterocycles. The first-order chi connectivity index (χ1) is 15.7. The van der Waals surface area contributed by atoms with Crippen molar-refractivity contribution in [1.82, 2.24) is 5.32 Å². The summed E-state index contributed by atoms with van der Waals surface area (Å²) in [6.45, 7) is 6.02. The maximum absolute atomic E-state index is 13.1. The van der Waals surface area contributed by atoms with E-state index in [1.807, 2.05) is 50.2 Å². The van der Waals surface area contributed by atoms with E-state index < -0.39 is 10.0 Å². The Morgan fingerprint density at radius 1 is 0.970 bits per heavy atom. The summed E-state index contributed by atoms with van der Waals surface area (Å²) in [7, 11) is -3.88. The summed E-state index contributed by atoms with van der Waals surface area (Å²) in [5.74, 6) is 0.911. The minimum Gasteiger partial charge on any atom is -0.486 e. The molecular formula is C25H26N2O5S. The number of sulfonamides is 1. The Morgan fingerprint density at radius 2 is 1.73 bits per heavy atom. The standard InChI is InChI=1S/C25H26N2O5S/c1-16-8-11-21(18(3)12-16)27-33(29,30)24-13-19(10-9-17(24)2)25(28)26-14-20-15-31-22-6-4-5-7-23(22)32-20/h4-13,20,27H,14-15H2,1-3H3,(H,26,28)/t20-/m0/s1. The van der Waals surface area contributed by atoms with Gasteiger partial charge in [0, 0.05) is 5.56 Å². The zero-order chi connectivity index (χ0) is 23.6. The van der Waals surface area contributed by atoms with Crippen LogP contribution in [0.4, 0.5) is 5.69 Å². The molecule has 1 aliphatic rings. The first-order valence-electron chi connectivity index (χ1n) is 10.6. The van der Waals surface area contributed by atoms with Crippen LogP contribution in [0, 0.1) is 20.8 Å². The molecule has 33 heavy (non-hydrogen) atoms. The van der Waals surface area contributed by atoms with Gasteiger partial charge < -0.3 is 14.8 Å². The van der Waals surface area contributed by atoms with Crippen molar-refractivity contribution in [2.24, 2.45) is 0 Å². The third-order valence-corrected chi connectivity index (χ3v) is 6.93. The van der Waals surface area contributed by atoms with E-state index >= 15 is 0 Å². The molecular weight excluding hydrogens is 440 g/mol. The summed E-state index contributed by atoms with van der Waals surface area (Å²) in [4.78, 5) is 12.8. The number of carbonyl (C=O) groups excluding carboxylic acids is 1. The summed E-state index contributed by atoms with van der Waals surface area (Å²) < 4.78 is 40.3. The molecule has 0 fully saturated rings. The minimum atomic E-state index is -3.88. The second-order valence-electron chi connectivity index (χ2n) is 8.11. The quantitative estimate of drug-likeness (QED) is 0.573. The van der Waals surface area contributed by atoms with Gasteiger partial charge in [0.15, 0.2) is 11.5 Å². The topological polar surface area (TPSA) is 93.7 Å². The van der Waals surface area contributed by atoms with Crippen molar-refractivity contribution in [3.63, 3.8) is 0 Å². The highest BCUT2D eigenvalue weighted by Crippen LogP contribution is 2.30. The van der Waals surface area contributed by atoms with Gasteiger partial charge in [-0.3, -0.25) is 9.52 Å². The van der Waals surface area contributed by atoms with Crippen LogP contribution < -0.4 is 19.5 Å². The number of ether oxygens (including phenoxy) is 2.